The van der Waals surface area contributed by atoms with Crippen LogP contribution in [0, 0.1) is 0 Å². The molecule has 31 heavy (non-hydrogen) atoms. The molecule has 1 unspecified atom stereocenters. The zero-order chi connectivity index (χ0) is 21.8. The summed E-state index contributed by atoms with van der Waals surface area (Å²) in [6.45, 7) is 1.34. The number of fused-ring (bicyclic) bond motifs is 1. The number of aliphatic hydroxyl groups is 1. The number of rotatable bonds is 6. The van der Waals surface area contributed by atoms with E-state index in [0.717, 1.165) is 0 Å². The summed E-state index contributed by atoms with van der Waals surface area (Å²) in [6, 6.07) is 6.80. The molecule has 3 aromatic rings. The van der Waals surface area contributed by atoms with E-state index in [1.54, 1.807) is 41.9 Å². The summed E-state index contributed by atoms with van der Waals surface area (Å²) in [5.41, 5.74) is 8.85. The fraction of sp³-hybridized carbons (Fsp3) is 0.368. The number of ether oxygens (including phenoxy) is 1. The van der Waals surface area contributed by atoms with Gasteiger partial charge in [0.25, 0.3) is 0 Å². The largest absolute Gasteiger partial charge is 0.497 e. The maximum Gasteiger partial charge on any atom is 0.430 e. The number of anilines is 3. The van der Waals surface area contributed by atoms with Gasteiger partial charge in [-0.05, 0) is 30.7 Å². The highest BCUT2D eigenvalue weighted by atomic mass is 32.1. The first kappa shape index (κ1) is 21.0. The van der Waals surface area contributed by atoms with E-state index in [-0.39, 0.29) is 18.6 Å². The van der Waals surface area contributed by atoms with Crippen LogP contribution in [0.2, 0.25) is 0 Å². The highest BCUT2D eigenvalue weighted by molar-refractivity contribution is 7.16. The number of aromatic nitrogens is 3. The number of hydrogen-bond donors (Lipinski definition) is 3. The summed E-state index contributed by atoms with van der Waals surface area (Å²) in [6.07, 6.45) is -0.121. The number of hydroxylamine groups is 2. The normalized spacial score (nSPS) is 17.0. The van der Waals surface area contributed by atoms with Crippen LogP contribution in [0.1, 0.15) is 6.42 Å². The number of nitrogens with zero attached hydrogens (tertiary/aromatic N) is 5. The number of hydrogen-bond acceptors (Lipinski definition) is 11. The Balaban J connectivity index is 1.43. The second-order valence-electron chi connectivity index (χ2n) is 6.89. The summed E-state index contributed by atoms with van der Waals surface area (Å²) >= 11 is 1.39. The van der Waals surface area contributed by atoms with E-state index in [1.165, 1.54) is 11.3 Å². The zero-order valence-corrected chi connectivity index (χ0v) is 17.7. The second kappa shape index (κ2) is 9.29. The lowest BCUT2D eigenvalue weighted by Crippen LogP contribution is -2.54. The number of methoxy groups -OCH3 is 1. The molecule has 1 atom stereocenters. The number of benzene rings is 1. The topological polar surface area (TPSA) is 139 Å². The van der Waals surface area contributed by atoms with Gasteiger partial charge in [-0.1, -0.05) is 0 Å². The lowest BCUT2D eigenvalue weighted by atomic mass is 10.1. The van der Waals surface area contributed by atoms with Crippen molar-refractivity contribution in [3.63, 3.8) is 0 Å². The first-order valence-corrected chi connectivity index (χ1v) is 10.6. The van der Waals surface area contributed by atoms with Crippen LogP contribution in [0.5, 0.6) is 5.75 Å². The van der Waals surface area contributed by atoms with Crippen molar-refractivity contribution in [3.8, 4) is 5.75 Å². The van der Waals surface area contributed by atoms with Crippen LogP contribution in [0.15, 0.2) is 29.8 Å². The van der Waals surface area contributed by atoms with Gasteiger partial charge < -0.3 is 25.3 Å². The van der Waals surface area contributed by atoms with Crippen LogP contribution in [-0.2, 0) is 4.84 Å². The molecule has 1 aliphatic heterocycles. The van der Waals surface area contributed by atoms with E-state index < -0.39 is 6.09 Å². The molecule has 3 heterocycles. The molecule has 0 spiro atoms. The summed E-state index contributed by atoms with van der Waals surface area (Å²) < 4.78 is 5.11. The van der Waals surface area contributed by atoms with Crippen LogP contribution in [0.25, 0.3) is 10.3 Å². The van der Waals surface area contributed by atoms with Gasteiger partial charge in [-0.2, -0.15) is 4.98 Å². The van der Waals surface area contributed by atoms with Crippen LogP contribution in [-0.4, -0.2) is 70.6 Å². The van der Waals surface area contributed by atoms with Crippen LogP contribution < -0.4 is 20.7 Å². The quantitative estimate of drug-likeness (QED) is 0.514. The van der Waals surface area contributed by atoms with Crippen molar-refractivity contribution < 1.29 is 19.5 Å². The van der Waals surface area contributed by atoms with Crippen LogP contribution in [0.4, 0.5) is 22.2 Å². The SMILES string of the molecule is COc1ccc(NC(=O)ON2CCN(c3nc(N)nc4scnc34)C(CCO)C2)cc1. The van der Waals surface area contributed by atoms with E-state index in [4.69, 9.17) is 15.3 Å². The third kappa shape index (κ3) is 4.76. The molecule has 4 N–H and O–H groups in total. The summed E-state index contributed by atoms with van der Waals surface area (Å²) in [4.78, 5) is 33.5. The Kier molecular flexibility index (Phi) is 6.30. The lowest BCUT2D eigenvalue weighted by molar-refractivity contribution is -0.106. The monoisotopic (exact) mass is 445 g/mol. The molecule has 0 radical (unpaired) electrons. The highest BCUT2D eigenvalue weighted by Gasteiger charge is 2.31. The van der Waals surface area contributed by atoms with Crippen molar-refractivity contribution in [2.24, 2.45) is 0 Å². The zero-order valence-electron chi connectivity index (χ0n) is 16.9. The molecule has 1 fully saturated rings. The Bertz CT molecular complexity index is 1050. The second-order valence-corrected chi connectivity index (χ2v) is 7.72. The average molecular weight is 446 g/mol. The van der Waals surface area contributed by atoms with Crippen LogP contribution in [0.3, 0.4) is 0 Å². The lowest BCUT2D eigenvalue weighted by Gasteiger charge is -2.40. The average Bonchev–Trinajstić information content (AvgIpc) is 3.22. The molecule has 0 saturated carbocycles. The minimum atomic E-state index is -0.588. The maximum absolute atomic E-state index is 12.3. The van der Waals surface area contributed by atoms with E-state index in [1.807, 2.05) is 4.90 Å². The van der Waals surface area contributed by atoms with Gasteiger partial charge in [0.2, 0.25) is 5.95 Å². The number of thiazole rings is 1. The van der Waals surface area contributed by atoms with E-state index in [2.05, 4.69) is 20.3 Å². The van der Waals surface area contributed by atoms with Gasteiger partial charge in [-0.25, -0.2) is 14.8 Å². The Morgan fingerprint density at radius 2 is 2.13 bits per heavy atom. The minimum Gasteiger partial charge on any atom is -0.497 e. The van der Waals surface area contributed by atoms with Crippen LogP contribution >= 0.6 is 11.3 Å². The number of nitrogen functional groups attached to an aromatic ring is 1. The van der Waals surface area contributed by atoms with Crippen molar-refractivity contribution in [1.82, 2.24) is 20.0 Å². The number of carbonyl (C=O) groups is 1. The molecule has 1 aromatic carbocycles. The molecule has 164 valence electrons. The van der Waals surface area contributed by atoms with Gasteiger partial charge >= 0.3 is 6.09 Å². The number of nitrogens with one attached hydrogen (secondary N) is 1. The smallest absolute Gasteiger partial charge is 0.430 e. The predicted octanol–water partition coefficient (Wildman–Crippen LogP) is 1.71. The first-order valence-electron chi connectivity index (χ1n) is 9.69. The maximum atomic E-state index is 12.3. The molecule has 4 rings (SSSR count). The van der Waals surface area contributed by atoms with Gasteiger partial charge in [0.15, 0.2) is 10.6 Å². The molecule has 0 aliphatic carbocycles. The Hall–Kier alpha value is -3.22. The van der Waals surface area contributed by atoms with Gasteiger partial charge in [0, 0.05) is 24.9 Å². The van der Waals surface area contributed by atoms with Crippen molar-refractivity contribution in [2.75, 3.05) is 49.3 Å². The molecule has 12 heteroatoms. The van der Waals surface area contributed by atoms with Gasteiger partial charge in [0.05, 0.1) is 25.7 Å². The molecular formula is C19H23N7O4S. The summed E-state index contributed by atoms with van der Waals surface area (Å²) in [5, 5.41) is 13.8. The molecule has 1 aliphatic rings. The predicted molar refractivity (Wildman–Crippen MR) is 117 cm³/mol. The van der Waals surface area contributed by atoms with Gasteiger partial charge in [-0.3, -0.25) is 5.32 Å². The third-order valence-electron chi connectivity index (χ3n) is 4.93. The van der Waals surface area contributed by atoms with E-state index in [0.29, 0.717) is 53.7 Å². The summed E-state index contributed by atoms with van der Waals surface area (Å²) in [7, 11) is 1.58. The molecule has 2 aromatic heterocycles. The van der Waals surface area contributed by atoms with Crippen molar-refractivity contribution in [1.29, 1.82) is 0 Å². The third-order valence-corrected chi connectivity index (χ3v) is 5.64. The van der Waals surface area contributed by atoms with Gasteiger partial charge in [0.1, 0.15) is 11.3 Å². The van der Waals surface area contributed by atoms with E-state index in [9.17, 15) is 9.90 Å². The Labute approximate surface area is 182 Å². The number of amides is 1. The Morgan fingerprint density at radius 1 is 1.32 bits per heavy atom. The van der Waals surface area contributed by atoms with Gasteiger partial charge in [-0.15, -0.1) is 16.4 Å². The molecular weight excluding hydrogens is 422 g/mol. The Morgan fingerprint density at radius 3 is 2.87 bits per heavy atom. The molecule has 1 amide bonds. The van der Waals surface area contributed by atoms with E-state index >= 15 is 0 Å². The number of piperazine rings is 1. The van der Waals surface area contributed by atoms with Crippen molar-refractivity contribution in [3.05, 3.63) is 29.8 Å². The van der Waals surface area contributed by atoms with Crippen molar-refractivity contribution >= 4 is 45.2 Å². The fourth-order valence-corrected chi connectivity index (χ4v) is 4.14. The molecule has 0 bridgehead atoms. The highest BCUT2D eigenvalue weighted by Crippen LogP contribution is 2.29. The minimum absolute atomic E-state index is 0.0200. The number of nitrogens with two attached hydrogens (primary N) is 1. The fourth-order valence-electron chi connectivity index (χ4n) is 3.48. The summed E-state index contributed by atoms with van der Waals surface area (Å²) in [5.74, 6) is 1.50. The number of aliphatic hydroxyl groups excluding tert-OH is 1. The molecule has 1 saturated heterocycles. The first-order chi connectivity index (χ1) is 15.1. The molecule has 11 nitrogen and oxygen atoms in total. The standard InChI is InChI=1S/C19H23N7O4S/c1-29-14-4-2-12(3-5-14)22-19(28)30-25-7-8-26(13(10-25)6-9-27)16-15-17(31-11-21-15)24-18(20)23-16/h2-5,11,13,27H,6-10H2,1H3,(H,22,28)(H2,20,23,24). The van der Waals surface area contributed by atoms with Crippen molar-refractivity contribution in [2.45, 2.75) is 12.5 Å². The number of carbonyl (C=O) groups excluding carboxylic acids is 1.